The molecule has 0 amide bonds. The highest BCUT2D eigenvalue weighted by Crippen LogP contribution is 2.47. The summed E-state index contributed by atoms with van der Waals surface area (Å²) in [5.74, 6) is 0.874. The lowest BCUT2D eigenvalue weighted by Gasteiger charge is -2.34. The van der Waals surface area contributed by atoms with Crippen molar-refractivity contribution >= 4 is 11.8 Å². The second-order valence-corrected chi connectivity index (χ2v) is 8.52. The minimum atomic E-state index is -0.634. The topological polar surface area (TPSA) is 92.3 Å². The molecule has 190 valence electrons. The van der Waals surface area contributed by atoms with Crippen molar-refractivity contribution in [2.75, 3.05) is 34.5 Å². The number of carbonyl (C=O) groups excluding carboxylic acids is 2. The summed E-state index contributed by atoms with van der Waals surface area (Å²) in [4.78, 5) is 26.6. The average molecular weight is 494 g/mol. The van der Waals surface area contributed by atoms with E-state index in [0.717, 1.165) is 18.5 Å². The van der Waals surface area contributed by atoms with Gasteiger partial charge in [0.25, 0.3) is 0 Å². The minimum Gasteiger partial charge on any atom is -0.493 e. The van der Waals surface area contributed by atoms with Crippen molar-refractivity contribution in [3.63, 3.8) is 0 Å². The lowest BCUT2D eigenvalue weighted by atomic mass is 9.75. The van der Waals surface area contributed by atoms with E-state index in [2.05, 4.69) is 5.32 Å². The Bertz CT molecular complexity index is 1170. The van der Waals surface area contributed by atoms with Crippen LogP contribution >= 0.6 is 0 Å². The first-order valence-corrected chi connectivity index (χ1v) is 11.9. The molecule has 4 rings (SSSR count). The molecule has 0 unspecified atom stereocenters. The Morgan fingerprint density at radius 1 is 0.972 bits per heavy atom. The molecule has 2 aliphatic rings. The van der Waals surface area contributed by atoms with Gasteiger partial charge in [0.2, 0.25) is 5.75 Å². The van der Waals surface area contributed by atoms with Crippen molar-refractivity contribution in [1.82, 2.24) is 5.32 Å². The molecule has 2 aromatic rings. The third-order valence-corrected chi connectivity index (χ3v) is 6.34. The SMILES string of the molecule is COc1cc([C@@H]2C(C(=O)OCCOc3ccccc3)=C(C)NC3=C2C(=O)CCC3)cc(OC)c1OC. The van der Waals surface area contributed by atoms with Gasteiger partial charge in [-0.25, -0.2) is 4.79 Å². The highest BCUT2D eigenvalue weighted by Gasteiger charge is 2.40. The van der Waals surface area contributed by atoms with E-state index in [1.54, 1.807) is 12.1 Å². The summed E-state index contributed by atoms with van der Waals surface area (Å²) in [6.45, 7) is 2.09. The van der Waals surface area contributed by atoms with E-state index in [9.17, 15) is 9.59 Å². The molecule has 0 saturated carbocycles. The molecule has 0 fully saturated rings. The van der Waals surface area contributed by atoms with Crippen LogP contribution in [0.1, 0.15) is 37.7 Å². The quantitative estimate of drug-likeness (QED) is 0.408. The van der Waals surface area contributed by atoms with Crippen LogP contribution in [0, 0.1) is 0 Å². The number of Topliss-reactive ketones (excluding diaryl/α,β-unsaturated/α-hetero) is 1. The number of nitrogens with one attached hydrogen (secondary N) is 1. The van der Waals surface area contributed by atoms with Crippen LogP contribution in [0.5, 0.6) is 23.0 Å². The Balaban J connectivity index is 1.67. The highest BCUT2D eigenvalue weighted by atomic mass is 16.6. The van der Waals surface area contributed by atoms with Crippen LogP contribution in [0.25, 0.3) is 0 Å². The molecule has 0 spiro atoms. The van der Waals surface area contributed by atoms with Gasteiger partial charge in [-0.05, 0) is 49.6 Å². The highest BCUT2D eigenvalue weighted by molar-refractivity contribution is 6.03. The van der Waals surface area contributed by atoms with Crippen molar-refractivity contribution in [3.8, 4) is 23.0 Å². The third-order valence-electron chi connectivity index (χ3n) is 6.34. The Labute approximate surface area is 210 Å². The fourth-order valence-corrected chi connectivity index (χ4v) is 4.74. The van der Waals surface area contributed by atoms with Gasteiger partial charge in [-0.1, -0.05) is 18.2 Å². The smallest absolute Gasteiger partial charge is 0.336 e. The van der Waals surface area contributed by atoms with E-state index < -0.39 is 11.9 Å². The maximum absolute atomic E-state index is 13.4. The molecule has 1 atom stereocenters. The fourth-order valence-electron chi connectivity index (χ4n) is 4.74. The molecule has 1 N–H and O–H groups in total. The van der Waals surface area contributed by atoms with Crippen molar-refractivity contribution < 1.29 is 33.3 Å². The molecule has 0 bridgehead atoms. The lowest BCUT2D eigenvalue weighted by Crippen LogP contribution is -2.34. The first-order valence-electron chi connectivity index (χ1n) is 11.9. The predicted molar refractivity (Wildman–Crippen MR) is 133 cm³/mol. The molecule has 2 aromatic carbocycles. The van der Waals surface area contributed by atoms with Gasteiger partial charge in [0, 0.05) is 29.3 Å². The summed E-state index contributed by atoms with van der Waals surface area (Å²) in [6.07, 6.45) is 1.91. The van der Waals surface area contributed by atoms with E-state index in [4.69, 9.17) is 23.7 Å². The summed E-state index contributed by atoms with van der Waals surface area (Å²) in [6, 6.07) is 12.9. The van der Waals surface area contributed by atoms with Gasteiger partial charge in [-0.15, -0.1) is 0 Å². The zero-order valence-corrected chi connectivity index (χ0v) is 21.0. The summed E-state index contributed by atoms with van der Waals surface area (Å²) >= 11 is 0. The number of allylic oxidation sites excluding steroid dienone is 3. The molecule has 0 radical (unpaired) electrons. The Morgan fingerprint density at radius 2 is 1.67 bits per heavy atom. The van der Waals surface area contributed by atoms with Gasteiger partial charge in [0.15, 0.2) is 17.3 Å². The molecular formula is C28H31NO7. The van der Waals surface area contributed by atoms with Crippen LogP contribution in [0.4, 0.5) is 0 Å². The van der Waals surface area contributed by atoms with Crippen LogP contribution in [0.2, 0.25) is 0 Å². The number of esters is 1. The largest absolute Gasteiger partial charge is 0.493 e. The number of rotatable bonds is 9. The molecule has 0 aromatic heterocycles. The van der Waals surface area contributed by atoms with Crippen molar-refractivity contribution in [3.05, 3.63) is 70.6 Å². The molecule has 1 aliphatic carbocycles. The molecule has 8 nitrogen and oxygen atoms in total. The Kier molecular flexibility index (Phi) is 7.83. The van der Waals surface area contributed by atoms with E-state index in [1.165, 1.54) is 21.3 Å². The number of benzene rings is 2. The first kappa shape index (κ1) is 25.2. The monoisotopic (exact) mass is 493 g/mol. The van der Waals surface area contributed by atoms with Gasteiger partial charge in [0.05, 0.1) is 26.9 Å². The summed E-state index contributed by atoms with van der Waals surface area (Å²) in [5.41, 5.74) is 3.12. The molecule has 0 saturated heterocycles. The number of ether oxygens (including phenoxy) is 5. The number of hydrogen-bond donors (Lipinski definition) is 1. The number of ketones is 1. The Morgan fingerprint density at radius 3 is 2.31 bits per heavy atom. The molecule has 8 heteroatoms. The van der Waals surface area contributed by atoms with Crippen LogP contribution < -0.4 is 24.3 Å². The number of dihydropyridines is 1. The number of methoxy groups -OCH3 is 3. The second-order valence-electron chi connectivity index (χ2n) is 8.52. The third kappa shape index (κ3) is 5.03. The molecule has 1 aliphatic heterocycles. The van der Waals surface area contributed by atoms with E-state index in [-0.39, 0.29) is 19.0 Å². The van der Waals surface area contributed by atoms with Gasteiger partial charge in [0.1, 0.15) is 19.0 Å². The predicted octanol–water partition coefficient (Wildman–Crippen LogP) is 4.30. The summed E-state index contributed by atoms with van der Waals surface area (Å²) in [7, 11) is 4.59. The number of carbonyl (C=O) groups is 2. The number of para-hydroxylation sites is 1. The van der Waals surface area contributed by atoms with E-state index in [1.807, 2.05) is 37.3 Å². The fraction of sp³-hybridized carbons (Fsp3) is 0.357. The first-order chi connectivity index (χ1) is 17.5. The van der Waals surface area contributed by atoms with E-state index >= 15 is 0 Å². The van der Waals surface area contributed by atoms with Gasteiger partial charge in [-0.3, -0.25) is 4.79 Å². The standard InChI is InChI=1S/C28H31NO7/c1-17-24(28(31)36-14-13-35-19-9-6-5-7-10-19)25(26-20(29-17)11-8-12-21(26)30)18-15-22(32-2)27(34-4)23(16-18)33-3/h5-7,9-10,15-16,25,29H,8,11-14H2,1-4H3/t25-/m1/s1. The van der Waals surface area contributed by atoms with Crippen molar-refractivity contribution in [2.24, 2.45) is 0 Å². The number of hydrogen-bond acceptors (Lipinski definition) is 8. The zero-order chi connectivity index (χ0) is 25.7. The molecular weight excluding hydrogens is 462 g/mol. The van der Waals surface area contributed by atoms with Crippen molar-refractivity contribution in [1.29, 1.82) is 0 Å². The second kappa shape index (κ2) is 11.2. The van der Waals surface area contributed by atoms with Gasteiger partial charge in [-0.2, -0.15) is 0 Å². The summed E-state index contributed by atoms with van der Waals surface area (Å²) < 4.78 is 27.8. The van der Waals surface area contributed by atoms with Gasteiger partial charge < -0.3 is 29.0 Å². The normalized spacial score (nSPS) is 17.2. The van der Waals surface area contributed by atoms with Gasteiger partial charge >= 0.3 is 5.97 Å². The lowest BCUT2D eigenvalue weighted by molar-refractivity contribution is -0.140. The van der Waals surface area contributed by atoms with Crippen LogP contribution in [0.3, 0.4) is 0 Å². The average Bonchev–Trinajstić information content (AvgIpc) is 2.90. The van der Waals surface area contributed by atoms with Crippen molar-refractivity contribution in [2.45, 2.75) is 32.1 Å². The van der Waals surface area contributed by atoms with Crippen LogP contribution in [0.15, 0.2) is 65.0 Å². The summed E-state index contributed by atoms with van der Waals surface area (Å²) in [5, 5.41) is 3.29. The molecule has 36 heavy (non-hydrogen) atoms. The Hall–Kier alpha value is -3.94. The maximum Gasteiger partial charge on any atom is 0.336 e. The zero-order valence-electron chi connectivity index (χ0n) is 21.0. The molecule has 1 heterocycles. The minimum absolute atomic E-state index is 0.00714. The maximum atomic E-state index is 13.4. The van der Waals surface area contributed by atoms with E-state index in [0.29, 0.717) is 51.8 Å². The van der Waals surface area contributed by atoms with Crippen LogP contribution in [-0.4, -0.2) is 46.3 Å². The van der Waals surface area contributed by atoms with Crippen LogP contribution in [-0.2, 0) is 14.3 Å².